The second-order valence-electron chi connectivity index (χ2n) is 4.28. The summed E-state index contributed by atoms with van der Waals surface area (Å²) in [6, 6.07) is 13.6. The first kappa shape index (κ1) is 15.0. The van der Waals surface area contributed by atoms with Crippen LogP contribution in [-0.4, -0.2) is 18.3 Å². The molecule has 0 fully saturated rings. The molecule has 1 unspecified atom stereocenters. The van der Waals surface area contributed by atoms with Gasteiger partial charge in [-0.2, -0.15) is 5.23 Å². The molecule has 6 heteroatoms. The summed E-state index contributed by atoms with van der Waals surface area (Å²) >= 11 is 0. The number of ether oxygens (including phenoxy) is 2. The van der Waals surface area contributed by atoms with E-state index in [0.29, 0.717) is 0 Å². The van der Waals surface area contributed by atoms with E-state index < -0.39 is 11.2 Å². The molecule has 2 aromatic carbocycles. The Hall–Kier alpha value is -2.41. The van der Waals surface area contributed by atoms with Gasteiger partial charge < -0.3 is 14.7 Å². The van der Waals surface area contributed by atoms with Gasteiger partial charge >= 0.3 is 5.97 Å². The van der Waals surface area contributed by atoms with E-state index in [0.717, 1.165) is 5.56 Å². The number of benzene rings is 2. The summed E-state index contributed by atoms with van der Waals surface area (Å²) in [6.07, 6.45) is 0. The highest BCUT2D eigenvalue weighted by Gasteiger charge is 2.15. The maximum atomic E-state index is 11.4. The van der Waals surface area contributed by atoms with Crippen LogP contribution in [0.5, 0.6) is 5.75 Å². The first-order chi connectivity index (χ1) is 10.1. The summed E-state index contributed by atoms with van der Waals surface area (Å²) in [4.78, 5) is 11.4. The van der Waals surface area contributed by atoms with E-state index in [9.17, 15) is 15.2 Å². The molecule has 6 nitrogen and oxygen atoms in total. The Kier molecular flexibility index (Phi) is 4.89. The minimum atomic E-state index is -1.16. The Morgan fingerprint density at radius 3 is 2.57 bits per heavy atom. The topological polar surface area (TPSA) is 83.3 Å². The third-order valence-corrected chi connectivity index (χ3v) is 2.87. The summed E-state index contributed by atoms with van der Waals surface area (Å²) in [5, 5.41) is 19.3. The fourth-order valence-electron chi connectivity index (χ4n) is 1.80. The van der Waals surface area contributed by atoms with Crippen LogP contribution in [-0.2, 0) is 11.3 Å². The molecule has 0 aliphatic rings. The Labute approximate surface area is 121 Å². The van der Waals surface area contributed by atoms with Crippen molar-refractivity contribution in [1.82, 2.24) is 0 Å². The number of methoxy groups -OCH3 is 1. The lowest BCUT2D eigenvalue weighted by Crippen LogP contribution is -2.99. The van der Waals surface area contributed by atoms with Gasteiger partial charge in [0, 0.05) is 6.07 Å². The van der Waals surface area contributed by atoms with Crippen molar-refractivity contribution < 1.29 is 24.7 Å². The summed E-state index contributed by atoms with van der Waals surface area (Å²) in [7, 11) is 1.24. The van der Waals surface area contributed by atoms with Gasteiger partial charge in [0.05, 0.1) is 12.7 Å². The van der Waals surface area contributed by atoms with Gasteiger partial charge in [0.2, 0.25) is 5.69 Å². The second kappa shape index (κ2) is 6.85. The minimum Gasteiger partial charge on any atom is -0.595 e. The first-order valence-corrected chi connectivity index (χ1v) is 6.24. The number of nitrogens with one attached hydrogen (secondary N) is 1. The van der Waals surface area contributed by atoms with Crippen LogP contribution in [0.2, 0.25) is 0 Å². The van der Waals surface area contributed by atoms with E-state index >= 15 is 0 Å². The molecule has 0 spiro atoms. The fourth-order valence-corrected chi connectivity index (χ4v) is 1.80. The third-order valence-electron chi connectivity index (χ3n) is 2.87. The highest BCUT2D eigenvalue weighted by atomic mass is 16.8. The SMILES string of the molecule is COC(=O)c1ccc(OCc2ccccc2)c([NH+]([O-])O)c1. The average molecular weight is 289 g/mol. The molecule has 2 N–H and O–H groups in total. The van der Waals surface area contributed by atoms with Crippen LogP contribution in [0.3, 0.4) is 0 Å². The van der Waals surface area contributed by atoms with Gasteiger partial charge in [-0.15, -0.1) is 0 Å². The van der Waals surface area contributed by atoms with Crippen LogP contribution in [0.1, 0.15) is 15.9 Å². The molecule has 110 valence electrons. The normalized spacial score (nSPS) is 11.8. The van der Waals surface area contributed by atoms with Crippen molar-refractivity contribution in [2.45, 2.75) is 6.61 Å². The van der Waals surface area contributed by atoms with Gasteiger partial charge in [-0.25, -0.2) is 10.0 Å². The molecule has 21 heavy (non-hydrogen) atoms. The van der Waals surface area contributed by atoms with Gasteiger partial charge in [0.15, 0.2) is 5.75 Å². The van der Waals surface area contributed by atoms with E-state index in [2.05, 4.69) is 4.74 Å². The lowest BCUT2D eigenvalue weighted by atomic mass is 10.2. The predicted octanol–water partition coefficient (Wildman–Crippen LogP) is 1.46. The van der Waals surface area contributed by atoms with Crippen molar-refractivity contribution >= 4 is 11.7 Å². The zero-order valence-corrected chi connectivity index (χ0v) is 11.4. The highest BCUT2D eigenvalue weighted by Crippen LogP contribution is 2.23. The van der Waals surface area contributed by atoms with Crippen molar-refractivity contribution in [3.8, 4) is 5.75 Å². The molecule has 2 rings (SSSR count). The number of carbonyl (C=O) groups excluding carboxylic acids is 1. The zero-order chi connectivity index (χ0) is 15.2. The Morgan fingerprint density at radius 2 is 1.95 bits per heavy atom. The lowest BCUT2D eigenvalue weighted by Gasteiger charge is -2.16. The van der Waals surface area contributed by atoms with Crippen molar-refractivity contribution in [3.63, 3.8) is 0 Å². The molecule has 0 heterocycles. The maximum absolute atomic E-state index is 11.4. The Morgan fingerprint density at radius 1 is 1.24 bits per heavy atom. The molecule has 0 saturated carbocycles. The van der Waals surface area contributed by atoms with Crippen molar-refractivity contribution in [2.24, 2.45) is 0 Å². The van der Waals surface area contributed by atoms with Crippen LogP contribution in [0, 0.1) is 5.21 Å². The summed E-state index contributed by atoms with van der Waals surface area (Å²) in [5.41, 5.74) is 1.02. The zero-order valence-electron chi connectivity index (χ0n) is 11.4. The van der Waals surface area contributed by atoms with Crippen LogP contribution in [0.4, 0.5) is 5.69 Å². The van der Waals surface area contributed by atoms with E-state index in [1.54, 1.807) is 0 Å². The van der Waals surface area contributed by atoms with Crippen LogP contribution in [0.25, 0.3) is 0 Å². The number of esters is 1. The maximum Gasteiger partial charge on any atom is 0.338 e. The van der Waals surface area contributed by atoms with Gasteiger partial charge in [-0.05, 0) is 17.7 Å². The summed E-state index contributed by atoms with van der Waals surface area (Å²) in [5.74, 6) is -0.383. The molecule has 0 radical (unpaired) electrons. The Bertz CT molecular complexity index is 613. The molecular formula is C15H15NO5. The van der Waals surface area contributed by atoms with Crippen molar-refractivity contribution in [1.29, 1.82) is 0 Å². The second-order valence-corrected chi connectivity index (χ2v) is 4.28. The van der Waals surface area contributed by atoms with Gasteiger partial charge in [-0.1, -0.05) is 30.3 Å². The standard InChI is InChI=1S/C15H15NO5/c1-20-15(17)12-7-8-14(13(9-12)16(18)19)21-10-11-5-3-2-4-6-11/h2-9,16,18H,10H2,1H3. The van der Waals surface area contributed by atoms with E-state index in [1.807, 2.05) is 30.3 Å². The molecule has 0 aromatic heterocycles. The summed E-state index contributed by atoms with van der Waals surface area (Å²) < 4.78 is 10.1. The highest BCUT2D eigenvalue weighted by molar-refractivity contribution is 5.90. The fraction of sp³-hybridized carbons (Fsp3) is 0.133. The number of carbonyl (C=O) groups is 1. The lowest BCUT2D eigenvalue weighted by molar-refractivity contribution is -0.991. The van der Waals surface area contributed by atoms with Gasteiger partial charge in [-0.3, -0.25) is 0 Å². The summed E-state index contributed by atoms with van der Waals surface area (Å²) in [6.45, 7) is 0.249. The minimum absolute atomic E-state index is 0.0752. The molecular weight excluding hydrogens is 274 g/mol. The number of hydrogen-bond donors (Lipinski definition) is 2. The molecule has 0 aliphatic carbocycles. The largest absolute Gasteiger partial charge is 0.595 e. The Balaban J connectivity index is 2.20. The average Bonchev–Trinajstić information content (AvgIpc) is 2.52. The number of quaternary nitrogens is 1. The molecule has 0 aliphatic heterocycles. The molecule has 0 bridgehead atoms. The van der Waals surface area contributed by atoms with Crippen molar-refractivity contribution in [3.05, 3.63) is 64.9 Å². The number of rotatable bonds is 5. The number of hydrogen-bond acceptors (Lipinski definition) is 5. The van der Waals surface area contributed by atoms with E-state index in [-0.39, 0.29) is 23.6 Å². The van der Waals surface area contributed by atoms with Gasteiger partial charge in [0.1, 0.15) is 6.61 Å². The quantitative estimate of drug-likeness (QED) is 0.643. The van der Waals surface area contributed by atoms with Gasteiger partial charge in [0.25, 0.3) is 0 Å². The van der Waals surface area contributed by atoms with E-state index in [4.69, 9.17) is 4.74 Å². The third kappa shape index (κ3) is 3.79. The predicted molar refractivity (Wildman–Crippen MR) is 74.3 cm³/mol. The van der Waals surface area contributed by atoms with Crippen LogP contribution in [0.15, 0.2) is 48.5 Å². The molecule has 0 saturated heterocycles. The van der Waals surface area contributed by atoms with Crippen LogP contribution < -0.4 is 9.96 Å². The molecule has 1 atom stereocenters. The molecule has 0 amide bonds. The smallest absolute Gasteiger partial charge is 0.338 e. The molecule has 2 aromatic rings. The first-order valence-electron chi connectivity index (χ1n) is 6.24. The monoisotopic (exact) mass is 289 g/mol. The van der Waals surface area contributed by atoms with Crippen LogP contribution >= 0.6 is 0 Å². The van der Waals surface area contributed by atoms with Crippen molar-refractivity contribution in [2.75, 3.05) is 7.11 Å². The van der Waals surface area contributed by atoms with E-state index in [1.165, 1.54) is 25.3 Å².